The summed E-state index contributed by atoms with van der Waals surface area (Å²) < 4.78 is 13.1. The third-order valence-electron chi connectivity index (χ3n) is 4.71. The molecule has 2 aromatic rings. The number of benzene rings is 1. The van der Waals surface area contributed by atoms with E-state index in [9.17, 15) is 9.18 Å². The minimum absolute atomic E-state index is 0.0291. The van der Waals surface area contributed by atoms with Crippen molar-refractivity contribution in [2.24, 2.45) is 5.92 Å². The van der Waals surface area contributed by atoms with Crippen molar-refractivity contribution < 1.29 is 9.18 Å². The standard InChI is InChI=1S/C19H23FN4O/c1-4-21-19(25)13-5-7-16-15(9-13)18(11(2)12(3)23-16)24-17-8-6-14(20)10-22-17/h5-12,18,23H,4H2,1-3H3,(H,21,25)(H,22,24). The van der Waals surface area contributed by atoms with E-state index in [4.69, 9.17) is 0 Å². The Balaban J connectivity index is 1.95. The smallest absolute Gasteiger partial charge is 0.251 e. The highest BCUT2D eigenvalue weighted by molar-refractivity contribution is 5.95. The van der Waals surface area contributed by atoms with Crippen molar-refractivity contribution >= 4 is 17.4 Å². The van der Waals surface area contributed by atoms with Crippen molar-refractivity contribution in [3.63, 3.8) is 0 Å². The van der Waals surface area contributed by atoms with Crippen molar-refractivity contribution in [1.82, 2.24) is 10.3 Å². The highest BCUT2D eigenvalue weighted by atomic mass is 19.1. The van der Waals surface area contributed by atoms with E-state index in [2.05, 4.69) is 34.8 Å². The summed E-state index contributed by atoms with van der Waals surface area (Å²) in [6, 6.07) is 8.91. The maximum absolute atomic E-state index is 13.1. The van der Waals surface area contributed by atoms with E-state index in [0.717, 1.165) is 11.3 Å². The molecule has 132 valence electrons. The summed E-state index contributed by atoms with van der Waals surface area (Å²) in [6.07, 6.45) is 1.20. The van der Waals surface area contributed by atoms with Crippen LogP contribution in [0.2, 0.25) is 0 Å². The lowest BCUT2D eigenvalue weighted by Crippen LogP contribution is -2.37. The zero-order valence-corrected chi connectivity index (χ0v) is 14.6. The largest absolute Gasteiger partial charge is 0.382 e. The Morgan fingerprint density at radius 1 is 1.28 bits per heavy atom. The monoisotopic (exact) mass is 342 g/mol. The molecule has 1 aliphatic rings. The number of halogens is 1. The van der Waals surface area contributed by atoms with E-state index in [1.807, 2.05) is 25.1 Å². The van der Waals surface area contributed by atoms with Gasteiger partial charge in [-0.2, -0.15) is 0 Å². The SMILES string of the molecule is CCNC(=O)c1ccc2c(c1)C(Nc1ccc(F)cn1)C(C)C(C)N2. The normalized spacial score (nSPS) is 21.8. The first-order chi connectivity index (χ1) is 12.0. The fourth-order valence-corrected chi connectivity index (χ4v) is 3.13. The predicted octanol–water partition coefficient (Wildman–Crippen LogP) is 3.57. The molecule has 1 aliphatic heterocycles. The van der Waals surface area contributed by atoms with E-state index in [0.29, 0.717) is 17.9 Å². The molecule has 0 spiro atoms. The van der Waals surface area contributed by atoms with E-state index in [-0.39, 0.29) is 29.7 Å². The molecule has 0 saturated heterocycles. The molecule has 3 atom stereocenters. The molecule has 0 saturated carbocycles. The summed E-state index contributed by atoms with van der Waals surface area (Å²) in [7, 11) is 0. The number of hydrogen-bond acceptors (Lipinski definition) is 4. The van der Waals surface area contributed by atoms with Crippen molar-refractivity contribution in [2.75, 3.05) is 17.2 Å². The maximum Gasteiger partial charge on any atom is 0.251 e. The summed E-state index contributed by atoms with van der Waals surface area (Å²) in [5.41, 5.74) is 2.64. The molecule has 3 unspecified atom stereocenters. The summed E-state index contributed by atoms with van der Waals surface area (Å²) in [4.78, 5) is 16.3. The van der Waals surface area contributed by atoms with Gasteiger partial charge in [-0.15, -0.1) is 0 Å². The van der Waals surface area contributed by atoms with E-state index >= 15 is 0 Å². The van der Waals surface area contributed by atoms with Crippen LogP contribution in [0.1, 0.15) is 42.7 Å². The van der Waals surface area contributed by atoms with Crippen LogP contribution in [-0.2, 0) is 0 Å². The fraction of sp³-hybridized carbons (Fsp3) is 0.368. The van der Waals surface area contributed by atoms with Gasteiger partial charge in [0.25, 0.3) is 5.91 Å². The molecular weight excluding hydrogens is 319 g/mol. The second kappa shape index (κ2) is 7.09. The van der Waals surface area contributed by atoms with Crippen LogP contribution in [0.3, 0.4) is 0 Å². The number of pyridine rings is 1. The van der Waals surface area contributed by atoms with Crippen molar-refractivity contribution in [1.29, 1.82) is 0 Å². The molecule has 3 N–H and O–H groups in total. The van der Waals surface area contributed by atoms with Crippen LogP contribution in [-0.4, -0.2) is 23.5 Å². The van der Waals surface area contributed by atoms with Crippen LogP contribution in [0.5, 0.6) is 0 Å². The van der Waals surface area contributed by atoms with Gasteiger partial charge in [-0.3, -0.25) is 4.79 Å². The zero-order valence-electron chi connectivity index (χ0n) is 14.6. The summed E-state index contributed by atoms with van der Waals surface area (Å²) in [5, 5.41) is 9.70. The van der Waals surface area contributed by atoms with Gasteiger partial charge in [0.15, 0.2) is 0 Å². The molecule has 0 aliphatic carbocycles. The highest BCUT2D eigenvalue weighted by Crippen LogP contribution is 2.39. The molecule has 3 rings (SSSR count). The van der Waals surface area contributed by atoms with Gasteiger partial charge >= 0.3 is 0 Å². The zero-order chi connectivity index (χ0) is 18.0. The Kier molecular flexibility index (Phi) is 4.88. The fourth-order valence-electron chi connectivity index (χ4n) is 3.13. The highest BCUT2D eigenvalue weighted by Gasteiger charge is 2.32. The number of aromatic nitrogens is 1. The van der Waals surface area contributed by atoms with Crippen molar-refractivity contribution in [2.45, 2.75) is 32.9 Å². The molecule has 0 fully saturated rings. The lowest BCUT2D eigenvalue weighted by molar-refractivity contribution is 0.0955. The minimum atomic E-state index is -0.365. The van der Waals surface area contributed by atoms with Gasteiger partial charge in [-0.25, -0.2) is 9.37 Å². The third-order valence-corrected chi connectivity index (χ3v) is 4.71. The molecule has 2 heterocycles. The quantitative estimate of drug-likeness (QED) is 0.795. The van der Waals surface area contributed by atoms with Gasteiger partial charge in [-0.05, 0) is 49.7 Å². The summed E-state index contributed by atoms with van der Waals surface area (Å²) in [6.45, 7) is 6.74. The van der Waals surface area contributed by atoms with E-state index in [1.54, 1.807) is 6.07 Å². The first kappa shape index (κ1) is 17.2. The molecule has 0 bridgehead atoms. The number of carbonyl (C=O) groups is 1. The van der Waals surface area contributed by atoms with Gasteiger partial charge in [-0.1, -0.05) is 6.92 Å². The molecule has 25 heavy (non-hydrogen) atoms. The predicted molar refractivity (Wildman–Crippen MR) is 97.3 cm³/mol. The van der Waals surface area contributed by atoms with Gasteiger partial charge in [0.2, 0.25) is 0 Å². The Labute approximate surface area is 147 Å². The second-order valence-electron chi connectivity index (χ2n) is 6.44. The Morgan fingerprint density at radius 3 is 2.76 bits per heavy atom. The van der Waals surface area contributed by atoms with Gasteiger partial charge < -0.3 is 16.0 Å². The lowest BCUT2D eigenvalue weighted by atomic mass is 9.83. The van der Waals surface area contributed by atoms with Crippen LogP contribution < -0.4 is 16.0 Å². The average molecular weight is 342 g/mol. The van der Waals surface area contributed by atoms with Gasteiger partial charge in [0.1, 0.15) is 11.6 Å². The third kappa shape index (κ3) is 3.57. The Morgan fingerprint density at radius 2 is 2.08 bits per heavy atom. The van der Waals surface area contributed by atoms with Crippen molar-refractivity contribution in [3.8, 4) is 0 Å². The molecule has 6 heteroatoms. The van der Waals surface area contributed by atoms with E-state index in [1.165, 1.54) is 12.3 Å². The lowest BCUT2D eigenvalue weighted by Gasteiger charge is -2.38. The Hall–Kier alpha value is -2.63. The molecule has 5 nitrogen and oxygen atoms in total. The number of anilines is 2. The first-order valence-electron chi connectivity index (χ1n) is 8.56. The number of hydrogen-bond donors (Lipinski definition) is 3. The maximum atomic E-state index is 13.1. The Bertz CT molecular complexity index is 763. The van der Waals surface area contributed by atoms with Crippen LogP contribution in [0.15, 0.2) is 36.5 Å². The summed E-state index contributed by atoms with van der Waals surface area (Å²) >= 11 is 0. The summed E-state index contributed by atoms with van der Waals surface area (Å²) in [5.74, 6) is 0.414. The minimum Gasteiger partial charge on any atom is -0.382 e. The second-order valence-corrected chi connectivity index (χ2v) is 6.44. The van der Waals surface area contributed by atoms with Crippen LogP contribution in [0, 0.1) is 11.7 Å². The number of fused-ring (bicyclic) bond motifs is 1. The van der Waals surface area contributed by atoms with Crippen LogP contribution in [0.4, 0.5) is 15.9 Å². The molecule has 0 radical (unpaired) electrons. The molecule has 1 aromatic heterocycles. The van der Waals surface area contributed by atoms with Crippen LogP contribution in [0.25, 0.3) is 0 Å². The molecule has 1 aromatic carbocycles. The number of nitrogens with one attached hydrogen (secondary N) is 3. The first-order valence-corrected chi connectivity index (χ1v) is 8.56. The molecule has 1 amide bonds. The average Bonchev–Trinajstić information content (AvgIpc) is 2.60. The van der Waals surface area contributed by atoms with Gasteiger partial charge in [0.05, 0.1) is 12.2 Å². The van der Waals surface area contributed by atoms with Crippen molar-refractivity contribution in [3.05, 3.63) is 53.5 Å². The van der Waals surface area contributed by atoms with E-state index < -0.39 is 0 Å². The number of carbonyl (C=O) groups excluding carboxylic acids is 1. The van der Waals surface area contributed by atoms with Gasteiger partial charge in [0, 0.05) is 29.8 Å². The van der Waals surface area contributed by atoms with Crippen LogP contribution >= 0.6 is 0 Å². The number of amides is 1. The topological polar surface area (TPSA) is 66.0 Å². The number of rotatable bonds is 4. The molecular formula is C19H23FN4O. The number of nitrogens with zero attached hydrogens (tertiary/aromatic N) is 1.